The molecule has 0 bridgehead atoms. The lowest BCUT2D eigenvalue weighted by Crippen LogP contribution is -2.44. The number of hydrogen-bond donors (Lipinski definition) is 2. The van der Waals surface area contributed by atoms with E-state index in [0.717, 1.165) is 69.8 Å². The molecule has 1 fully saturated rings. The molecule has 1 saturated heterocycles. The average Bonchev–Trinajstić information content (AvgIpc) is 3.02. The summed E-state index contributed by atoms with van der Waals surface area (Å²) in [6, 6.07) is 8.70. The second kappa shape index (κ2) is 11.6. The fourth-order valence-corrected chi connectivity index (χ4v) is 3.46. The lowest BCUT2D eigenvalue weighted by molar-refractivity contribution is 0.0220. The molecule has 1 aliphatic heterocycles. The van der Waals surface area contributed by atoms with Crippen LogP contribution in [-0.4, -0.2) is 72.4 Å². The van der Waals surface area contributed by atoms with Gasteiger partial charge in [0.1, 0.15) is 5.82 Å². The fraction of sp³-hybridized carbons (Fsp3) is 0.600. The first-order chi connectivity index (χ1) is 13.2. The predicted octanol–water partition coefficient (Wildman–Crippen LogP) is 2.24. The molecule has 28 heavy (non-hydrogen) atoms. The first-order valence-electron chi connectivity index (χ1n) is 9.95. The summed E-state index contributed by atoms with van der Waals surface area (Å²) < 4.78 is 7.69. The molecular weight excluding hydrogens is 467 g/mol. The molecule has 1 unspecified atom stereocenters. The van der Waals surface area contributed by atoms with Crippen LogP contribution >= 0.6 is 24.0 Å². The summed E-state index contributed by atoms with van der Waals surface area (Å²) in [7, 11) is 0. The molecule has 1 aliphatic rings. The smallest absolute Gasteiger partial charge is 0.191 e. The highest BCUT2D eigenvalue weighted by molar-refractivity contribution is 14.0. The number of hydrogen-bond acceptors (Lipinski definition) is 4. The minimum atomic E-state index is 0. The molecule has 156 valence electrons. The molecule has 1 aromatic heterocycles. The molecule has 8 heteroatoms. The third-order valence-electron chi connectivity index (χ3n) is 5.00. The summed E-state index contributed by atoms with van der Waals surface area (Å²) in [6.07, 6.45) is 0. The van der Waals surface area contributed by atoms with Crippen molar-refractivity contribution in [3.8, 4) is 0 Å². The number of guanidine groups is 1. The van der Waals surface area contributed by atoms with Gasteiger partial charge in [-0.05, 0) is 32.9 Å². The summed E-state index contributed by atoms with van der Waals surface area (Å²) in [5.74, 6) is 1.92. The van der Waals surface area contributed by atoms with E-state index in [2.05, 4.69) is 64.1 Å². The van der Waals surface area contributed by atoms with Crippen molar-refractivity contribution in [2.75, 3.05) is 45.9 Å². The Morgan fingerprint density at radius 3 is 2.75 bits per heavy atom. The first-order valence-corrected chi connectivity index (χ1v) is 9.95. The molecule has 2 heterocycles. The van der Waals surface area contributed by atoms with Crippen molar-refractivity contribution < 1.29 is 4.74 Å². The van der Waals surface area contributed by atoms with E-state index in [-0.39, 0.29) is 24.0 Å². The van der Waals surface area contributed by atoms with E-state index in [1.807, 2.05) is 6.07 Å². The molecule has 0 aliphatic carbocycles. The van der Waals surface area contributed by atoms with Gasteiger partial charge in [0.15, 0.2) is 5.96 Å². The number of aryl methyl sites for hydroxylation is 1. The Morgan fingerprint density at radius 1 is 1.25 bits per heavy atom. The van der Waals surface area contributed by atoms with Gasteiger partial charge in [-0.25, -0.2) is 4.98 Å². The van der Waals surface area contributed by atoms with Crippen molar-refractivity contribution in [1.82, 2.24) is 25.1 Å². The Bertz CT molecular complexity index is 756. The van der Waals surface area contributed by atoms with Crippen LogP contribution < -0.4 is 10.6 Å². The monoisotopic (exact) mass is 500 g/mol. The first kappa shape index (κ1) is 22.9. The molecule has 1 aromatic carbocycles. The second-order valence-corrected chi connectivity index (χ2v) is 6.94. The van der Waals surface area contributed by atoms with E-state index in [1.54, 1.807) is 0 Å². The van der Waals surface area contributed by atoms with Crippen LogP contribution in [0, 0.1) is 6.92 Å². The zero-order valence-corrected chi connectivity index (χ0v) is 19.5. The molecule has 2 N–H and O–H groups in total. The summed E-state index contributed by atoms with van der Waals surface area (Å²) in [5, 5.41) is 6.80. The maximum Gasteiger partial charge on any atom is 0.191 e. The largest absolute Gasteiger partial charge is 0.379 e. The maximum absolute atomic E-state index is 5.43. The fourth-order valence-electron chi connectivity index (χ4n) is 3.46. The highest BCUT2D eigenvalue weighted by Crippen LogP contribution is 2.14. The lowest BCUT2D eigenvalue weighted by Gasteiger charge is -2.31. The lowest BCUT2D eigenvalue weighted by atomic mass is 10.2. The zero-order chi connectivity index (χ0) is 19.1. The van der Waals surface area contributed by atoms with Crippen LogP contribution in [0.1, 0.15) is 19.7 Å². The quantitative estimate of drug-likeness (QED) is 0.347. The van der Waals surface area contributed by atoms with E-state index in [1.165, 1.54) is 5.52 Å². The Labute approximate surface area is 185 Å². The van der Waals surface area contributed by atoms with Crippen molar-refractivity contribution >= 4 is 41.0 Å². The predicted molar refractivity (Wildman–Crippen MR) is 126 cm³/mol. The summed E-state index contributed by atoms with van der Waals surface area (Å²) in [5.41, 5.74) is 2.23. The number of fused-ring (bicyclic) bond motifs is 1. The van der Waals surface area contributed by atoms with Gasteiger partial charge in [0.2, 0.25) is 0 Å². The Kier molecular flexibility index (Phi) is 9.46. The highest BCUT2D eigenvalue weighted by atomic mass is 127. The van der Waals surface area contributed by atoms with Gasteiger partial charge in [-0.2, -0.15) is 0 Å². The number of imidazole rings is 1. The number of morpholine rings is 1. The number of nitrogens with one attached hydrogen (secondary N) is 2. The van der Waals surface area contributed by atoms with Crippen LogP contribution in [0.15, 0.2) is 29.3 Å². The number of rotatable bonds is 7. The van der Waals surface area contributed by atoms with Crippen molar-refractivity contribution in [1.29, 1.82) is 0 Å². The SMILES string of the molecule is CCNC(=NCC(C)N1CCOCC1)NCCn1c(C)nc2ccccc21.I. The number of halogens is 1. The van der Waals surface area contributed by atoms with Crippen LogP contribution in [0.3, 0.4) is 0 Å². The number of aliphatic imine (C=N–C) groups is 1. The van der Waals surface area contributed by atoms with Gasteiger partial charge in [-0.3, -0.25) is 9.89 Å². The second-order valence-electron chi connectivity index (χ2n) is 6.94. The highest BCUT2D eigenvalue weighted by Gasteiger charge is 2.16. The van der Waals surface area contributed by atoms with Crippen molar-refractivity contribution in [2.24, 2.45) is 4.99 Å². The Balaban J connectivity index is 0.00000280. The third-order valence-corrected chi connectivity index (χ3v) is 5.00. The number of para-hydroxylation sites is 2. The van der Waals surface area contributed by atoms with E-state index >= 15 is 0 Å². The van der Waals surface area contributed by atoms with Gasteiger partial charge < -0.3 is 19.9 Å². The van der Waals surface area contributed by atoms with Gasteiger partial charge in [-0.1, -0.05) is 12.1 Å². The number of benzene rings is 1. The molecule has 0 saturated carbocycles. The van der Waals surface area contributed by atoms with E-state index in [0.29, 0.717) is 6.04 Å². The molecule has 0 spiro atoms. The van der Waals surface area contributed by atoms with Crippen LogP contribution in [-0.2, 0) is 11.3 Å². The van der Waals surface area contributed by atoms with Crippen LogP contribution in [0.2, 0.25) is 0 Å². The number of ether oxygens (including phenoxy) is 1. The summed E-state index contributed by atoms with van der Waals surface area (Å²) in [6.45, 7) is 13.3. The molecule has 2 aromatic rings. The average molecular weight is 500 g/mol. The molecule has 0 radical (unpaired) electrons. The molecule has 3 rings (SSSR count). The molecule has 0 amide bonds. The molecular formula is C20H33IN6O. The number of aromatic nitrogens is 2. The normalized spacial score (nSPS) is 16.6. The van der Waals surface area contributed by atoms with E-state index in [4.69, 9.17) is 9.73 Å². The van der Waals surface area contributed by atoms with Crippen molar-refractivity contribution in [3.05, 3.63) is 30.1 Å². The topological polar surface area (TPSA) is 66.7 Å². The van der Waals surface area contributed by atoms with E-state index in [9.17, 15) is 0 Å². The van der Waals surface area contributed by atoms with Gasteiger partial charge >= 0.3 is 0 Å². The minimum Gasteiger partial charge on any atom is -0.379 e. The van der Waals surface area contributed by atoms with Gasteiger partial charge in [0.05, 0.1) is 30.8 Å². The van der Waals surface area contributed by atoms with Gasteiger partial charge in [-0.15, -0.1) is 24.0 Å². The maximum atomic E-state index is 5.43. The van der Waals surface area contributed by atoms with Gasteiger partial charge in [0, 0.05) is 38.8 Å². The third kappa shape index (κ3) is 6.05. The number of nitrogens with zero attached hydrogens (tertiary/aromatic N) is 4. The Morgan fingerprint density at radius 2 is 2.00 bits per heavy atom. The Hall–Kier alpha value is -1.39. The van der Waals surface area contributed by atoms with Crippen LogP contribution in [0.4, 0.5) is 0 Å². The molecule has 1 atom stereocenters. The van der Waals surface area contributed by atoms with Crippen LogP contribution in [0.25, 0.3) is 11.0 Å². The van der Waals surface area contributed by atoms with Crippen molar-refractivity contribution in [2.45, 2.75) is 33.4 Å². The summed E-state index contributed by atoms with van der Waals surface area (Å²) >= 11 is 0. The minimum absolute atomic E-state index is 0. The van der Waals surface area contributed by atoms with Gasteiger partial charge in [0.25, 0.3) is 0 Å². The summed E-state index contributed by atoms with van der Waals surface area (Å²) in [4.78, 5) is 11.9. The van der Waals surface area contributed by atoms with E-state index < -0.39 is 0 Å². The van der Waals surface area contributed by atoms with Crippen LogP contribution in [0.5, 0.6) is 0 Å². The molecule has 7 nitrogen and oxygen atoms in total. The standard InChI is InChI=1S/C20H32N6O.HI/c1-4-21-20(23-15-16(2)25-11-13-27-14-12-25)22-9-10-26-17(3)24-18-7-5-6-8-19(18)26;/h5-8,16H,4,9-15H2,1-3H3,(H2,21,22,23);1H. The zero-order valence-electron chi connectivity index (χ0n) is 17.1. The van der Waals surface area contributed by atoms with Crippen molar-refractivity contribution in [3.63, 3.8) is 0 Å².